The number of nitrogens with zero attached hydrogens (tertiary/aromatic N) is 3. The summed E-state index contributed by atoms with van der Waals surface area (Å²) in [5.41, 5.74) is 7.75. The second-order valence-corrected chi connectivity index (χ2v) is 5.20. The molecule has 2 N–H and O–H groups in total. The van der Waals surface area contributed by atoms with E-state index >= 15 is 0 Å². The molecule has 1 heterocycles. The van der Waals surface area contributed by atoms with Gasteiger partial charge in [0.2, 0.25) is 5.95 Å². The Hall–Kier alpha value is -1.65. The Bertz CT molecular complexity index is 539. The van der Waals surface area contributed by atoms with Crippen LogP contribution in [-0.2, 0) is 6.42 Å². The van der Waals surface area contributed by atoms with Crippen molar-refractivity contribution in [2.75, 3.05) is 18.5 Å². The number of hydrogen-bond donors (Lipinski definition) is 1. The van der Waals surface area contributed by atoms with Crippen molar-refractivity contribution in [1.82, 2.24) is 9.97 Å². The third-order valence-electron chi connectivity index (χ3n) is 3.37. The van der Waals surface area contributed by atoms with Gasteiger partial charge in [-0.3, -0.25) is 0 Å². The van der Waals surface area contributed by atoms with Gasteiger partial charge < -0.3 is 10.6 Å². The first-order valence-corrected chi connectivity index (χ1v) is 6.99. The van der Waals surface area contributed by atoms with Crippen LogP contribution in [0.3, 0.4) is 0 Å². The maximum absolute atomic E-state index is 5.91. The fraction of sp³-hybridized carbons (Fsp3) is 0.333. The van der Waals surface area contributed by atoms with Crippen molar-refractivity contribution in [1.29, 1.82) is 0 Å². The van der Waals surface area contributed by atoms with E-state index in [1.54, 1.807) is 0 Å². The molecule has 2 aromatic rings. The molecule has 1 atom stereocenters. The van der Waals surface area contributed by atoms with Crippen LogP contribution in [0.2, 0.25) is 5.02 Å². The van der Waals surface area contributed by atoms with Crippen LogP contribution in [0.1, 0.15) is 24.1 Å². The number of benzene rings is 1. The zero-order chi connectivity index (χ0) is 14.5. The van der Waals surface area contributed by atoms with Gasteiger partial charge in [0.05, 0.1) is 6.04 Å². The largest absolute Gasteiger partial charge is 0.337 e. The molecule has 1 aromatic heterocycles. The number of nitrogens with two attached hydrogens (primary N) is 1. The summed E-state index contributed by atoms with van der Waals surface area (Å²) in [5, 5.41) is 0.742. The van der Waals surface area contributed by atoms with E-state index in [1.807, 2.05) is 48.6 Å². The normalized spacial score (nSPS) is 12.2. The predicted molar refractivity (Wildman–Crippen MR) is 83.1 cm³/mol. The summed E-state index contributed by atoms with van der Waals surface area (Å²) in [5.74, 6) is 0.702. The lowest BCUT2D eigenvalue weighted by Crippen LogP contribution is -2.23. The van der Waals surface area contributed by atoms with Gasteiger partial charge in [0.25, 0.3) is 0 Å². The van der Waals surface area contributed by atoms with Gasteiger partial charge in [-0.25, -0.2) is 9.97 Å². The Labute approximate surface area is 124 Å². The molecule has 0 spiro atoms. The van der Waals surface area contributed by atoms with E-state index < -0.39 is 0 Å². The molecule has 4 nitrogen and oxygen atoms in total. The van der Waals surface area contributed by atoms with Crippen molar-refractivity contribution in [2.24, 2.45) is 5.73 Å². The smallest absolute Gasteiger partial charge is 0.225 e. The molecule has 0 aliphatic rings. The van der Waals surface area contributed by atoms with Crippen molar-refractivity contribution >= 4 is 17.5 Å². The summed E-state index contributed by atoms with van der Waals surface area (Å²) in [6, 6.07) is 8.00. The fourth-order valence-corrected chi connectivity index (χ4v) is 2.09. The van der Waals surface area contributed by atoms with Crippen LogP contribution in [0.25, 0.3) is 0 Å². The molecule has 1 unspecified atom stereocenters. The summed E-state index contributed by atoms with van der Waals surface area (Å²) >= 11 is 5.91. The summed E-state index contributed by atoms with van der Waals surface area (Å²) in [6.07, 6.45) is 4.47. The second kappa shape index (κ2) is 6.68. The van der Waals surface area contributed by atoms with Crippen LogP contribution in [0.4, 0.5) is 5.95 Å². The van der Waals surface area contributed by atoms with Gasteiger partial charge in [-0.05, 0) is 43.1 Å². The molecule has 0 aliphatic heterocycles. The van der Waals surface area contributed by atoms with Gasteiger partial charge in [-0.2, -0.15) is 0 Å². The Morgan fingerprint density at radius 1 is 1.20 bits per heavy atom. The van der Waals surface area contributed by atoms with E-state index in [1.165, 1.54) is 5.56 Å². The highest BCUT2D eigenvalue weighted by Crippen LogP contribution is 2.23. The highest BCUT2D eigenvalue weighted by atomic mass is 35.5. The van der Waals surface area contributed by atoms with Crippen molar-refractivity contribution in [3.8, 4) is 0 Å². The number of hydrogen-bond acceptors (Lipinski definition) is 4. The zero-order valence-electron chi connectivity index (χ0n) is 11.8. The molecule has 1 aromatic carbocycles. The van der Waals surface area contributed by atoms with E-state index in [9.17, 15) is 0 Å². The molecule has 0 amide bonds. The number of rotatable bonds is 5. The Morgan fingerprint density at radius 3 is 2.35 bits per heavy atom. The van der Waals surface area contributed by atoms with E-state index in [-0.39, 0.29) is 6.04 Å². The van der Waals surface area contributed by atoms with Gasteiger partial charge in [-0.15, -0.1) is 0 Å². The SMILES string of the molecule is CC(c1ccc(Cl)cc1)N(C)c1ncc(CCN)cn1. The van der Waals surface area contributed by atoms with Crippen LogP contribution >= 0.6 is 11.6 Å². The van der Waals surface area contributed by atoms with Crippen molar-refractivity contribution < 1.29 is 0 Å². The Morgan fingerprint density at radius 2 is 1.80 bits per heavy atom. The van der Waals surface area contributed by atoms with Crippen LogP contribution in [0, 0.1) is 0 Å². The molecule has 2 rings (SSSR count). The fourth-order valence-electron chi connectivity index (χ4n) is 1.96. The Kier molecular flexibility index (Phi) is 4.93. The van der Waals surface area contributed by atoms with Gasteiger partial charge >= 0.3 is 0 Å². The van der Waals surface area contributed by atoms with Crippen molar-refractivity contribution in [3.63, 3.8) is 0 Å². The maximum Gasteiger partial charge on any atom is 0.225 e. The molecule has 0 aliphatic carbocycles. The minimum Gasteiger partial charge on any atom is -0.337 e. The lowest BCUT2D eigenvalue weighted by molar-refractivity contribution is 0.713. The molecule has 0 saturated carbocycles. The summed E-state index contributed by atoms with van der Waals surface area (Å²) in [7, 11) is 1.98. The molecule has 5 heteroatoms. The average molecular weight is 291 g/mol. The third-order valence-corrected chi connectivity index (χ3v) is 3.63. The summed E-state index contributed by atoms with van der Waals surface area (Å²) < 4.78 is 0. The molecule has 0 fully saturated rings. The van der Waals surface area contributed by atoms with Gasteiger partial charge in [0, 0.05) is 24.5 Å². The topological polar surface area (TPSA) is 55.0 Å². The van der Waals surface area contributed by atoms with E-state index in [0.717, 1.165) is 17.0 Å². The molecule has 0 bridgehead atoms. The number of halogens is 1. The van der Waals surface area contributed by atoms with Crippen LogP contribution in [-0.4, -0.2) is 23.6 Å². The van der Waals surface area contributed by atoms with Gasteiger partial charge in [0.15, 0.2) is 0 Å². The van der Waals surface area contributed by atoms with Crippen LogP contribution < -0.4 is 10.6 Å². The minimum atomic E-state index is 0.174. The summed E-state index contributed by atoms with van der Waals surface area (Å²) in [6.45, 7) is 2.72. The van der Waals surface area contributed by atoms with Crippen LogP contribution in [0.15, 0.2) is 36.7 Å². The zero-order valence-corrected chi connectivity index (χ0v) is 12.5. The summed E-state index contributed by atoms with van der Waals surface area (Å²) in [4.78, 5) is 10.8. The first-order chi connectivity index (χ1) is 9.61. The molecular formula is C15H19ClN4. The highest BCUT2D eigenvalue weighted by molar-refractivity contribution is 6.30. The number of anilines is 1. The van der Waals surface area contributed by atoms with Crippen molar-refractivity contribution in [3.05, 3.63) is 52.8 Å². The van der Waals surface area contributed by atoms with Gasteiger partial charge in [-0.1, -0.05) is 23.7 Å². The van der Waals surface area contributed by atoms with E-state index in [4.69, 9.17) is 17.3 Å². The maximum atomic E-state index is 5.91. The molecular weight excluding hydrogens is 272 g/mol. The highest BCUT2D eigenvalue weighted by Gasteiger charge is 2.14. The standard InChI is InChI=1S/C15H19ClN4/c1-11(13-3-5-14(16)6-4-13)20(2)15-18-9-12(7-8-17)10-19-15/h3-6,9-11H,7-8,17H2,1-2H3. The van der Waals surface area contributed by atoms with Gasteiger partial charge in [0.1, 0.15) is 0 Å². The minimum absolute atomic E-state index is 0.174. The second-order valence-electron chi connectivity index (χ2n) is 4.77. The number of aromatic nitrogens is 2. The Balaban J connectivity index is 2.13. The molecule has 106 valence electrons. The monoisotopic (exact) mass is 290 g/mol. The lowest BCUT2D eigenvalue weighted by Gasteiger charge is -2.25. The molecule has 20 heavy (non-hydrogen) atoms. The quantitative estimate of drug-likeness (QED) is 0.920. The predicted octanol–water partition coefficient (Wildman–Crippen LogP) is 2.83. The lowest BCUT2D eigenvalue weighted by atomic mass is 10.1. The third kappa shape index (κ3) is 3.46. The first kappa shape index (κ1) is 14.8. The average Bonchev–Trinajstić information content (AvgIpc) is 2.48. The van der Waals surface area contributed by atoms with E-state index in [0.29, 0.717) is 12.5 Å². The molecule has 0 saturated heterocycles. The first-order valence-electron chi connectivity index (χ1n) is 6.61. The van der Waals surface area contributed by atoms with E-state index in [2.05, 4.69) is 16.9 Å². The van der Waals surface area contributed by atoms with Crippen LogP contribution in [0.5, 0.6) is 0 Å². The van der Waals surface area contributed by atoms with Crippen molar-refractivity contribution in [2.45, 2.75) is 19.4 Å². The molecule has 0 radical (unpaired) electrons.